The van der Waals surface area contributed by atoms with Crippen LogP contribution in [-0.2, 0) is 4.79 Å². The van der Waals surface area contributed by atoms with Crippen molar-refractivity contribution >= 4 is 17.7 Å². The van der Waals surface area contributed by atoms with Crippen LogP contribution in [0.2, 0.25) is 0 Å². The molecule has 1 aromatic rings. The van der Waals surface area contributed by atoms with Gasteiger partial charge in [0.15, 0.2) is 0 Å². The van der Waals surface area contributed by atoms with Gasteiger partial charge in [-0.15, -0.1) is 0 Å². The molecule has 1 aliphatic rings. The zero-order valence-electron chi connectivity index (χ0n) is 11.2. The highest BCUT2D eigenvalue weighted by molar-refractivity contribution is 5.89. The number of nitrogens with one attached hydrogen (secondary N) is 1. The second-order valence-corrected chi connectivity index (χ2v) is 4.64. The first-order valence-electron chi connectivity index (χ1n) is 6.39. The predicted molar refractivity (Wildman–Crippen MR) is 71.7 cm³/mol. The largest absolute Gasteiger partial charge is 0.481 e. The van der Waals surface area contributed by atoms with Gasteiger partial charge in [0.2, 0.25) is 5.88 Å². The molecule has 7 nitrogen and oxygen atoms in total. The van der Waals surface area contributed by atoms with Crippen molar-refractivity contribution in [1.82, 2.24) is 9.88 Å². The summed E-state index contributed by atoms with van der Waals surface area (Å²) in [4.78, 5) is 28.5. The van der Waals surface area contributed by atoms with Gasteiger partial charge in [-0.3, -0.25) is 4.79 Å². The van der Waals surface area contributed by atoms with Crippen molar-refractivity contribution in [1.29, 1.82) is 0 Å². The molecule has 0 saturated carbocycles. The lowest BCUT2D eigenvalue weighted by molar-refractivity contribution is -0.143. The van der Waals surface area contributed by atoms with Gasteiger partial charge >= 0.3 is 12.0 Å². The highest BCUT2D eigenvalue weighted by Gasteiger charge is 2.28. The predicted octanol–water partition coefficient (Wildman–Crippen LogP) is 1.42. The Morgan fingerprint density at radius 3 is 2.90 bits per heavy atom. The Balaban J connectivity index is 1.95. The summed E-state index contributed by atoms with van der Waals surface area (Å²) in [5, 5.41) is 11.7. The van der Waals surface area contributed by atoms with Crippen molar-refractivity contribution in [3.63, 3.8) is 0 Å². The van der Waals surface area contributed by atoms with E-state index in [-0.39, 0.29) is 12.6 Å². The number of aliphatic carboxylic acids is 1. The number of carbonyl (C=O) groups is 2. The second-order valence-electron chi connectivity index (χ2n) is 4.64. The Hall–Kier alpha value is -2.31. The van der Waals surface area contributed by atoms with E-state index in [1.165, 1.54) is 18.2 Å². The molecule has 2 N–H and O–H groups in total. The monoisotopic (exact) mass is 279 g/mol. The van der Waals surface area contributed by atoms with Gasteiger partial charge in [0.25, 0.3) is 0 Å². The molecule has 7 heteroatoms. The Labute approximate surface area is 116 Å². The number of amides is 2. The summed E-state index contributed by atoms with van der Waals surface area (Å²) >= 11 is 0. The third-order valence-electron chi connectivity index (χ3n) is 3.25. The zero-order chi connectivity index (χ0) is 14.5. The highest BCUT2D eigenvalue weighted by Crippen LogP contribution is 2.18. The SMILES string of the molecule is COc1ccc(NC(=O)N2CCCC(C(=O)O)C2)cn1. The van der Waals surface area contributed by atoms with Gasteiger partial charge in [-0.25, -0.2) is 9.78 Å². The number of ether oxygens (including phenoxy) is 1. The van der Waals surface area contributed by atoms with Gasteiger partial charge in [-0.05, 0) is 18.9 Å². The van der Waals surface area contributed by atoms with Gasteiger partial charge in [0.05, 0.1) is 24.9 Å². The van der Waals surface area contributed by atoms with Crippen LogP contribution in [0.15, 0.2) is 18.3 Å². The van der Waals surface area contributed by atoms with Crippen LogP contribution >= 0.6 is 0 Å². The topological polar surface area (TPSA) is 91.8 Å². The number of likely N-dealkylation sites (tertiary alicyclic amines) is 1. The number of anilines is 1. The van der Waals surface area contributed by atoms with Gasteiger partial charge < -0.3 is 20.1 Å². The van der Waals surface area contributed by atoms with E-state index in [1.54, 1.807) is 12.1 Å². The van der Waals surface area contributed by atoms with E-state index in [2.05, 4.69) is 10.3 Å². The minimum atomic E-state index is -0.853. The van der Waals surface area contributed by atoms with Crippen molar-refractivity contribution < 1.29 is 19.4 Å². The summed E-state index contributed by atoms with van der Waals surface area (Å²) in [6, 6.07) is 3.02. The summed E-state index contributed by atoms with van der Waals surface area (Å²) in [7, 11) is 1.51. The van der Waals surface area contributed by atoms with Crippen molar-refractivity contribution in [3.8, 4) is 5.88 Å². The van der Waals surface area contributed by atoms with E-state index in [0.29, 0.717) is 31.0 Å². The van der Waals surface area contributed by atoms with E-state index < -0.39 is 11.9 Å². The van der Waals surface area contributed by atoms with Crippen molar-refractivity contribution in [2.24, 2.45) is 5.92 Å². The van der Waals surface area contributed by atoms with Crippen LogP contribution in [0, 0.1) is 5.92 Å². The molecule has 1 fully saturated rings. The number of carbonyl (C=O) groups excluding carboxylic acids is 1. The van der Waals surface area contributed by atoms with Crippen LogP contribution in [0.3, 0.4) is 0 Å². The first kappa shape index (κ1) is 14.1. The molecule has 1 aliphatic heterocycles. The fraction of sp³-hybridized carbons (Fsp3) is 0.462. The smallest absolute Gasteiger partial charge is 0.321 e. The van der Waals surface area contributed by atoms with Crippen molar-refractivity contribution in [2.75, 3.05) is 25.5 Å². The van der Waals surface area contributed by atoms with Gasteiger partial charge in [0, 0.05) is 19.2 Å². The first-order chi connectivity index (χ1) is 9.60. The molecule has 108 valence electrons. The van der Waals surface area contributed by atoms with E-state index in [9.17, 15) is 9.59 Å². The number of pyridine rings is 1. The van der Waals surface area contributed by atoms with Crippen molar-refractivity contribution in [3.05, 3.63) is 18.3 Å². The molecule has 1 unspecified atom stereocenters. The van der Waals surface area contributed by atoms with Crippen LogP contribution in [0.5, 0.6) is 5.88 Å². The molecule has 1 aromatic heterocycles. The molecule has 0 aliphatic carbocycles. The number of hydrogen-bond donors (Lipinski definition) is 2. The van der Waals surface area contributed by atoms with Gasteiger partial charge in [-0.2, -0.15) is 0 Å². The number of nitrogens with zero attached hydrogens (tertiary/aromatic N) is 2. The molecule has 1 atom stereocenters. The summed E-state index contributed by atoms with van der Waals surface area (Å²) in [6.07, 6.45) is 2.81. The van der Waals surface area contributed by atoms with E-state index in [0.717, 1.165) is 0 Å². The summed E-state index contributed by atoms with van der Waals surface area (Å²) < 4.78 is 4.93. The first-order valence-corrected chi connectivity index (χ1v) is 6.39. The number of hydrogen-bond acceptors (Lipinski definition) is 4. The van der Waals surface area contributed by atoms with Crippen LogP contribution < -0.4 is 10.1 Å². The number of piperidine rings is 1. The Bertz CT molecular complexity index is 489. The standard InChI is InChI=1S/C13H17N3O4/c1-20-11-5-4-10(7-14-11)15-13(19)16-6-2-3-9(8-16)12(17)18/h4-5,7,9H,2-3,6,8H2,1H3,(H,15,19)(H,17,18). The molecule has 2 amide bonds. The van der Waals surface area contributed by atoms with Gasteiger partial charge in [0.1, 0.15) is 0 Å². The second kappa shape index (κ2) is 6.23. The van der Waals surface area contributed by atoms with Crippen LogP contribution in [0.1, 0.15) is 12.8 Å². The van der Waals surface area contributed by atoms with E-state index >= 15 is 0 Å². The lowest BCUT2D eigenvalue weighted by Gasteiger charge is -2.30. The summed E-state index contributed by atoms with van der Waals surface area (Å²) in [6.45, 7) is 0.809. The molecule has 2 rings (SSSR count). The Morgan fingerprint density at radius 2 is 2.30 bits per heavy atom. The quantitative estimate of drug-likeness (QED) is 0.873. The normalized spacial score (nSPS) is 18.4. The molecule has 0 aromatic carbocycles. The maximum absolute atomic E-state index is 12.1. The van der Waals surface area contributed by atoms with E-state index in [1.807, 2.05) is 0 Å². The third-order valence-corrected chi connectivity index (χ3v) is 3.25. The molecule has 0 radical (unpaired) electrons. The van der Waals surface area contributed by atoms with Crippen LogP contribution in [-0.4, -0.2) is 47.2 Å². The molecule has 2 heterocycles. The maximum Gasteiger partial charge on any atom is 0.321 e. The van der Waals surface area contributed by atoms with Crippen molar-refractivity contribution in [2.45, 2.75) is 12.8 Å². The van der Waals surface area contributed by atoms with E-state index in [4.69, 9.17) is 9.84 Å². The lowest BCUT2D eigenvalue weighted by Crippen LogP contribution is -2.44. The lowest BCUT2D eigenvalue weighted by atomic mass is 9.99. The number of aromatic nitrogens is 1. The molecular formula is C13H17N3O4. The fourth-order valence-corrected chi connectivity index (χ4v) is 2.14. The Morgan fingerprint density at radius 1 is 1.50 bits per heavy atom. The molecular weight excluding hydrogens is 262 g/mol. The number of rotatable bonds is 3. The number of carboxylic acids is 1. The number of carboxylic acid groups (broad SMARTS) is 1. The molecule has 0 spiro atoms. The summed E-state index contributed by atoms with van der Waals surface area (Å²) in [5.74, 6) is -0.871. The average molecular weight is 279 g/mol. The molecule has 1 saturated heterocycles. The summed E-state index contributed by atoms with van der Waals surface area (Å²) in [5.41, 5.74) is 0.549. The van der Waals surface area contributed by atoms with Crippen LogP contribution in [0.4, 0.5) is 10.5 Å². The number of methoxy groups -OCH3 is 1. The highest BCUT2D eigenvalue weighted by atomic mass is 16.5. The van der Waals surface area contributed by atoms with Crippen LogP contribution in [0.25, 0.3) is 0 Å². The number of urea groups is 1. The Kier molecular flexibility index (Phi) is 4.39. The fourth-order valence-electron chi connectivity index (χ4n) is 2.14. The third kappa shape index (κ3) is 3.37. The minimum absolute atomic E-state index is 0.241. The minimum Gasteiger partial charge on any atom is -0.481 e. The maximum atomic E-state index is 12.1. The zero-order valence-corrected chi connectivity index (χ0v) is 11.2. The molecule has 0 bridgehead atoms. The average Bonchev–Trinajstić information content (AvgIpc) is 2.48. The van der Waals surface area contributed by atoms with Gasteiger partial charge in [-0.1, -0.05) is 0 Å². The molecule has 20 heavy (non-hydrogen) atoms.